The molecule has 0 radical (unpaired) electrons. The molecule has 0 aliphatic carbocycles. The smallest absolute Gasteiger partial charge is 0.0713 e. The van der Waals surface area contributed by atoms with Gasteiger partial charge in [-0.2, -0.15) is 0 Å². The Morgan fingerprint density at radius 1 is 1.33 bits per heavy atom. The Morgan fingerprint density at radius 3 is 2.61 bits per heavy atom. The summed E-state index contributed by atoms with van der Waals surface area (Å²) in [4.78, 5) is 2.33. The van der Waals surface area contributed by atoms with E-state index in [2.05, 4.69) is 50.1 Å². The molecule has 0 saturated carbocycles. The van der Waals surface area contributed by atoms with E-state index in [-0.39, 0.29) is 6.04 Å². The third kappa shape index (κ3) is 4.41. The van der Waals surface area contributed by atoms with E-state index in [1.54, 1.807) is 7.11 Å². The fraction of sp³-hybridized carbons (Fsp3) is 0.600. The molecule has 0 aromatic heterocycles. The van der Waals surface area contributed by atoms with Crippen molar-refractivity contribution in [3.8, 4) is 0 Å². The Hall–Kier alpha value is -0.900. The van der Waals surface area contributed by atoms with Gasteiger partial charge in [-0.15, -0.1) is 0 Å². The van der Waals surface area contributed by atoms with Crippen molar-refractivity contribution in [1.82, 2.24) is 4.90 Å². The zero-order valence-electron chi connectivity index (χ0n) is 12.0. The maximum absolute atomic E-state index is 5.93. The van der Waals surface area contributed by atoms with E-state index < -0.39 is 0 Å². The molecular formula is C15H26N2O. The van der Waals surface area contributed by atoms with Gasteiger partial charge in [0.25, 0.3) is 0 Å². The van der Waals surface area contributed by atoms with Crippen LogP contribution >= 0.6 is 0 Å². The number of benzene rings is 1. The van der Waals surface area contributed by atoms with Crippen LogP contribution in [-0.2, 0) is 11.3 Å². The number of nitrogens with two attached hydrogens (primary N) is 1. The lowest BCUT2D eigenvalue weighted by atomic mass is 10.0. The molecule has 0 amide bonds. The van der Waals surface area contributed by atoms with Gasteiger partial charge in [-0.25, -0.2) is 0 Å². The summed E-state index contributed by atoms with van der Waals surface area (Å²) >= 11 is 0. The van der Waals surface area contributed by atoms with Crippen molar-refractivity contribution in [3.05, 3.63) is 35.4 Å². The Kier molecular flexibility index (Phi) is 6.33. The molecule has 0 heterocycles. The van der Waals surface area contributed by atoms with Crippen LogP contribution in [0.15, 0.2) is 24.3 Å². The van der Waals surface area contributed by atoms with Crippen LogP contribution in [0.1, 0.15) is 31.0 Å². The van der Waals surface area contributed by atoms with E-state index in [0.717, 1.165) is 6.54 Å². The third-order valence-electron chi connectivity index (χ3n) is 3.06. The number of likely N-dealkylation sites (N-methyl/N-ethyl adjacent to an activating group) is 1. The summed E-state index contributed by atoms with van der Waals surface area (Å²) in [5, 5.41) is 0. The SMILES string of the molecule is COCc1cccc(C(CN)N(C)CC(C)C)c1. The second-order valence-electron chi connectivity index (χ2n) is 5.26. The van der Waals surface area contributed by atoms with Gasteiger partial charge in [-0.1, -0.05) is 38.1 Å². The van der Waals surface area contributed by atoms with Gasteiger partial charge >= 0.3 is 0 Å². The second kappa shape index (κ2) is 7.52. The predicted octanol–water partition coefficient (Wildman–Crippen LogP) is 2.42. The number of nitrogens with zero attached hydrogens (tertiary/aromatic N) is 1. The maximum atomic E-state index is 5.93. The van der Waals surface area contributed by atoms with E-state index in [0.29, 0.717) is 19.1 Å². The van der Waals surface area contributed by atoms with E-state index in [1.807, 2.05) is 0 Å². The number of ether oxygens (including phenoxy) is 1. The van der Waals surface area contributed by atoms with Crippen molar-refractivity contribution in [2.24, 2.45) is 11.7 Å². The summed E-state index contributed by atoms with van der Waals surface area (Å²) in [6.07, 6.45) is 0. The lowest BCUT2D eigenvalue weighted by Gasteiger charge is -2.29. The minimum absolute atomic E-state index is 0.282. The minimum Gasteiger partial charge on any atom is -0.380 e. The molecule has 1 rings (SSSR count). The van der Waals surface area contributed by atoms with Crippen LogP contribution in [0.5, 0.6) is 0 Å². The highest BCUT2D eigenvalue weighted by Gasteiger charge is 2.16. The first-order valence-corrected chi connectivity index (χ1v) is 6.56. The molecule has 0 aliphatic heterocycles. The number of rotatable bonds is 7. The standard InChI is InChI=1S/C15H26N2O/c1-12(2)10-17(3)15(9-16)14-7-5-6-13(8-14)11-18-4/h5-8,12,15H,9-11,16H2,1-4H3. The van der Waals surface area contributed by atoms with Gasteiger partial charge in [0.2, 0.25) is 0 Å². The van der Waals surface area contributed by atoms with Crippen molar-refractivity contribution < 1.29 is 4.74 Å². The molecule has 0 saturated heterocycles. The first kappa shape index (κ1) is 15.2. The summed E-state index contributed by atoms with van der Waals surface area (Å²) in [5.74, 6) is 0.645. The van der Waals surface area contributed by atoms with E-state index in [4.69, 9.17) is 10.5 Å². The van der Waals surface area contributed by atoms with E-state index in [9.17, 15) is 0 Å². The summed E-state index contributed by atoms with van der Waals surface area (Å²) < 4.78 is 5.18. The minimum atomic E-state index is 0.282. The van der Waals surface area contributed by atoms with Crippen LogP contribution < -0.4 is 5.73 Å². The summed E-state index contributed by atoms with van der Waals surface area (Å²) in [7, 11) is 3.86. The molecule has 1 unspecified atom stereocenters. The van der Waals surface area contributed by atoms with Crippen LogP contribution in [-0.4, -0.2) is 32.1 Å². The third-order valence-corrected chi connectivity index (χ3v) is 3.06. The van der Waals surface area contributed by atoms with E-state index in [1.165, 1.54) is 11.1 Å². The van der Waals surface area contributed by atoms with Crippen molar-refractivity contribution in [2.45, 2.75) is 26.5 Å². The molecule has 2 N–H and O–H groups in total. The van der Waals surface area contributed by atoms with E-state index >= 15 is 0 Å². The lowest BCUT2D eigenvalue weighted by Crippen LogP contribution is -2.33. The summed E-state index contributed by atoms with van der Waals surface area (Å²) in [6.45, 7) is 6.80. The molecule has 0 aliphatic rings. The zero-order chi connectivity index (χ0) is 13.5. The van der Waals surface area contributed by atoms with Crippen molar-refractivity contribution in [2.75, 3.05) is 27.2 Å². The molecule has 3 nitrogen and oxygen atoms in total. The van der Waals surface area contributed by atoms with Gasteiger partial charge in [0, 0.05) is 26.2 Å². The molecule has 1 atom stereocenters. The van der Waals surface area contributed by atoms with Crippen LogP contribution in [0.3, 0.4) is 0 Å². The predicted molar refractivity (Wildman–Crippen MR) is 76.4 cm³/mol. The normalized spacial score (nSPS) is 13.3. The van der Waals surface area contributed by atoms with Gasteiger partial charge in [0.1, 0.15) is 0 Å². The molecule has 1 aromatic rings. The molecule has 0 spiro atoms. The second-order valence-corrected chi connectivity index (χ2v) is 5.26. The molecule has 0 bridgehead atoms. The van der Waals surface area contributed by atoms with Crippen molar-refractivity contribution in [1.29, 1.82) is 0 Å². The zero-order valence-corrected chi connectivity index (χ0v) is 12.0. The first-order valence-electron chi connectivity index (χ1n) is 6.56. The van der Waals surface area contributed by atoms with Gasteiger partial charge < -0.3 is 10.5 Å². The van der Waals surface area contributed by atoms with Crippen LogP contribution in [0.25, 0.3) is 0 Å². The summed E-state index contributed by atoms with van der Waals surface area (Å²) in [6, 6.07) is 8.79. The molecule has 102 valence electrons. The highest BCUT2D eigenvalue weighted by Crippen LogP contribution is 2.20. The van der Waals surface area contributed by atoms with Gasteiger partial charge in [-0.05, 0) is 24.1 Å². The Bertz CT molecular complexity index is 352. The Morgan fingerprint density at radius 2 is 2.06 bits per heavy atom. The average molecular weight is 250 g/mol. The fourth-order valence-corrected chi connectivity index (χ4v) is 2.33. The number of hydrogen-bond acceptors (Lipinski definition) is 3. The molecular weight excluding hydrogens is 224 g/mol. The fourth-order valence-electron chi connectivity index (χ4n) is 2.33. The number of hydrogen-bond donors (Lipinski definition) is 1. The summed E-state index contributed by atoms with van der Waals surface area (Å²) in [5.41, 5.74) is 8.41. The van der Waals surface area contributed by atoms with Crippen LogP contribution in [0.4, 0.5) is 0 Å². The monoisotopic (exact) mass is 250 g/mol. The van der Waals surface area contributed by atoms with Crippen molar-refractivity contribution >= 4 is 0 Å². The molecule has 0 fully saturated rings. The topological polar surface area (TPSA) is 38.5 Å². The highest BCUT2D eigenvalue weighted by atomic mass is 16.5. The van der Waals surface area contributed by atoms with Gasteiger partial charge in [0.15, 0.2) is 0 Å². The Balaban J connectivity index is 2.83. The first-order chi connectivity index (χ1) is 8.58. The van der Waals surface area contributed by atoms with Crippen LogP contribution in [0, 0.1) is 5.92 Å². The van der Waals surface area contributed by atoms with Crippen molar-refractivity contribution in [3.63, 3.8) is 0 Å². The molecule has 18 heavy (non-hydrogen) atoms. The van der Waals surface area contributed by atoms with Crippen LogP contribution in [0.2, 0.25) is 0 Å². The largest absolute Gasteiger partial charge is 0.380 e. The Labute approximate surface area is 111 Å². The van der Waals surface area contributed by atoms with Gasteiger partial charge in [0.05, 0.1) is 6.61 Å². The maximum Gasteiger partial charge on any atom is 0.0713 e. The van der Waals surface area contributed by atoms with Gasteiger partial charge in [-0.3, -0.25) is 4.90 Å². The molecule has 1 aromatic carbocycles. The molecule has 3 heteroatoms. The lowest BCUT2D eigenvalue weighted by molar-refractivity contribution is 0.184. The average Bonchev–Trinajstić information content (AvgIpc) is 2.30. The highest BCUT2D eigenvalue weighted by molar-refractivity contribution is 5.26. The quantitative estimate of drug-likeness (QED) is 0.807. The number of methoxy groups -OCH3 is 1.